The lowest BCUT2D eigenvalue weighted by Crippen LogP contribution is -2.31. The number of aromatic nitrogens is 3. The fraction of sp³-hybridized carbons (Fsp3) is 0.278. The summed E-state index contributed by atoms with van der Waals surface area (Å²) in [7, 11) is 0. The van der Waals surface area contributed by atoms with Gasteiger partial charge in [-0.2, -0.15) is 0 Å². The van der Waals surface area contributed by atoms with Crippen LogP contribution in [-0.4, -0.2) is 21.5 Å². The summed E-state index contributed by atoms with van der Waals surface area (Å²) in [6.07, 6.45) is 2.55. The zero-order chi connectivity index (χ0) is 17.4. The van der Waals surface area contributed by atoms with Crippen LogP contribution in [0, 0.1) is 13.8 Å². The van der Waals surface area contributed by atoms with Crippen molar-refractivity contribution in [1.82, 2.24) is 15.0 Å². The number of anilines is 4. The number of hydrogen-bond donors (Lipinski definition) is 2. The van der Waals surface area contributed by atoms with Gasteiger partial charge in [0, 0.05) is 18.0 Å². The van der Waals surface area contributed by atoms with Gasteiger partial charge in [-0.15, -0.1) is 11.3 Å². The van der Waals surface area contributed by atoms with Crippen molar-refractivity contribution in [3.05, 3.63) is 52.3 Å². The second kappa shape index (κ2) is 6.33. The smallest absolute Gasteiger partial charge is 0.188 e. The Bertz CT molecular complexity index is 900. The first-order valence-electron chi connectivity index (χ1n) is 8.25. The van der Waals surface area contributed by atoms with Gasteiger partial charge in [0.2, 0.25) is 0 Å². The van der Waals surface area contributed by atoms with E-state index in [0.717, 1.165) is 36.2 Å². The largest absolute Gasteiger partial charge is 0.393 e. The van der Waals surface area contributed by atoms with Gasteiger partial charge < -0.3 is 16.0 Å². The number of fused-ring (bicyclic) bond motifs is 1. The molecule has 0 amide bonds. The molecule has 1 aromatic carbocycles. The maximum Gasteiger partial charge on any atom is 0.188 e. The molecule has 25 heavy (non-hydrogen) atoms. The van der Waals surface area contributed by atoms with Crippen molar-refractivity contribution in [3.8, 4) is 0 Å². The van der Waals surface area contributed by atoms with E-state index < -0.39 is 0 Å². The highest BCUT2D eigenvalue weighted by molar-refractivity contribution is 7.15. The van der Waals surface area contributed by atoms with Gasteiger partial charge in [0.25, 0.3) is 0 Å². The fourth-order valence-corrected chi connectivity index (χ4v) is 3.86. The van der Waals surface area contributed by atoms with Crippen molar-refractivity contribution in [3.63, 3.8) is 0 Å². The Hall–Kier alpha value is -2.67. The number of nitrogens with two attached hydrogens (primary N) is 1. The number of aryl methyl sites for hydroxylation is 2. The number of rotatable bonds is 3. The van der Waals surface area contributed by atoms with E-state index in [9.17, 15) is 0 Å². The van der Waals surface area contributed by atoms with E-state index in [-0.39, 0.29) is 0 Å². The molecule has 1 aliphatic heterocycles. The van der Waals surface area contributed by atoms with Crippen molar-refractivity contribution >= 4 is 33.8 Å². The minimum Gasteiger partial charge on any atom is -0.393 e. The van der Waals surface area contributed by atoms with Crippen LogP contribution in [0.5, 0.6) is 0 Å². The summed E-state index contributed by atoms with van der Waals surface area (Å²) in [6, 6.07) is 8.52. The third kappa shape index (κ3) is 3.02. The van der Waals surface area contributed by atoms with Gasteiger partial charge in [0.05, 0.1) is 5.69 Å². The number of thiazole rings is 1. The molecule has 4 rings (SSSR count). The number of hydrogen-bond acceptors (Lipinski definition) is 7. The third-order valence-electron chi connectivity index (χ3n) is 4.55. The molecule has 6 nitrogen and oxygen atoms in total. The SMILES string of the molecule is Cc1nc(Nc2ncnc(N3CCc4ccccc4C3)c2N)sc1C. The lowest BCUT2D eigenvalue weighted by Gasteiger charge is -2.30. The van der Waals surface area contributed by atoms with Crippen molar-refractivity contribution in [2.45, 2.75) is 26.8 Å². The van der Waals surface area contributed by atoms with Gasteiger partial charge in [-0.3, -0.25) is 0 Å². The molecule has 0 fully saturated rings. The second-order valence-electron chi connectivity index (χ2n) is 6.19. The van der Waals surface area contributed by atoms with Crippen LogP contribution in [0.15, 0.2) is 30.6 Å². The van der Waals surface area contributed by atoms with Crippen molar-refractivity contribution in [1.29, 1.82) is 0 Å². The molecule has 0 unspecified atom stereocenters. The quantitative estimate of drug-likeness (QED) is 0.752. The predicted molar refractivity (Wildman–Crippen MR) is 103 cm³/mol. The Morgan fingerprint density at radius 3 is 2.72 bits per heavy atom. The Labute approximate surface area is 150 Å². The molecule has 128 valence electrons. The number of nitrogen functional groups attached to an aromatic ring is 1. The van der Waals surface area contributed by atoms with Gasteiger partial charge in [-0.25, -0.2) is 15.0 Å². The first-order valence-corrected chi connectivity index (χ1v) is 9.06. The van der Waals surface area contributed by atoms with Gasteiger partial charge in [-0.1, -0.05) is 24.3 Å². The molecule has 0 bridgehead atoms. The highest BCUT2D eigenvalue weighted by Crippen LogP contribution is 2.33. The molecule has 2 aromatic heterocycles. The summed E-state index contributed by atoms with van der Waals surface area (Å²) in [5, 5.41) is 4.04. The average molecular weight is 352 g/mol. The summed E-state index contributed by atoms with van der Waals surface area (Å²) >= 11 is 1.60. The molecule has 0 aliphatic carbocycles. The Morgan fingerprint density at radius 2 is 1.96 bits per heavy atom. The Morgan fingerprint density at radius 1 is 1.16 bits per heavy atom. The van der Waals surface area contributed by atoms with Gasteiger partial charge in [-0.05, 0) is 31.4 Å². The van der Waals surface area contributed by atoms with E-state index in [1.807, 2.05) is 6.92 Å². The third-order valence-corrected chi connectivity index (χ3v) is 5.54. The zero-order valence-electron chi connectivity index (χ0n) is 14.3. The van der Waals surface area contributed by atoms with Gasteiger partial charge >= 0.3 is 0 Å². The first kappa shape index (κ1) is 15.8. The summed E-state index contributed by atoms with van der Waals surface area (Å²) in [4.78, 5) is 16.6. The first-order chi connectivity index (χ1) is 12.1. The minimum absolute atomic E-state index is 0.562. The molecular formula is C18H20N6S. The monoisotopic (exact) mass is 352 g/mol. The molecule has 0 saturated heterocycles. The van der Waals surface area contributed by atoms with Crippen LogP contribution < -0.4 is 16.0 Å². The van der Waals surface area contributed by atoms with E-state index >= 15 is 0 Å². The molecule has 3 aromatic rings. The van der Waals surface area contributed by atoms with Crippen LogP contribution >= 0.6 is 11.3 Å². The fourth-order valence-electron chi connectivity index (χ4n) is 3.04. The van der Waals surface area contributed by atoms with E-state index in [0.29, 0.717) is 11.5 Å². The molecule has 0 spiro atoms. The molecular weight excluding hydrogens is 332 g/mol. The lowest BCUT2D eigenvalue weighted by atomic mass is 10.00. The molecule has 0 atom stereocenters. The number of benzene rings is 1. The predicted octanol–water partition coefficient (Wildman–Crippen LogP) is 3.44. The molecule has 1 aliphatic rings. The maximum absolute atomic E-state index is 6.37. The van der Waals surface area contributed by atoms with Crippen LogP contribution in [0.1, 0.15) is 21.7 Å². The van der Waals surface area contributed by atoms with Gasteiger partial charge in [0.1, 0.15) is 12.0 Å². The minimum atomic E-state index is 0.562. The van der Waals surface area contributed by atoms with Crippen LogP contribution in [0.2, 0.25) is 0 Å². The van der Waals surface area contributed by atoms with Crippen LogP contribution in [0.25, 0.3) is 0 Å². The highest BCUT2D eigenvalue weighted by Gasteiger charge is 2.21. The van der Waals surface area contributed by atoms with Crippen molar-refractivity contribution < 1.29 is 0 Å². The standard InChI is InChI=1S/C18H20N6S/c1-11-12(2)25-18(22-11)23-16-15(19)17(21-10-20-16)24-8-7-13-5-3-4-6-14(13)9-24/h3-6,10H,7-9,19H2,1-2H3,(H,20,21,22,23). The summed E-state index contributed by atoms with van der Waals surface area (Å²) in [5.74, 6) is 1.38. The Kier molecular flexibility index (Phi) is 4.01. The summed E-state index contributed by atoms with van der Waals surface area (Å²) in [6.45, 7) is 5.76. The van der Waals surface area contributed by atoms with Gasteiger partial charge in [0.15, 0.2) is 16.8 Å². The maximum atomic E-state index is 6.37. The molecule has 7 heteroatoms. The molecule has 0 saturated carbocycles. The average Bonchev–Trinajstić information content (AvgIpc) is 2.94. The van der Waals surface area contributed by atoms with Crippen molar-refractivity contribution in [2.24, 2.45) is 0 Å². The Balaban J connectivity index is 1.61. The van der Waals surface area contributed by atoms with Crippen LogP contribution in [-0.2, 0) is 13.0 Å². The van der Waals surface area contributed by atoms with Crippen LogP contribution in [0.3, 0.4) is 0 Å². The highest BCUT2D eigenvalue weighted by atomic mass is 32.1. The topological polar surface area (TPSA) is 80.0 Å². The number of nitrogens with zero attached hydrogens (tertiary/aromatic N) is 4. The van der Waals surface area contributed by atoms with E-state index in [1.165, 1.54) is 16.0 Å². The van der Waals surface area contributed by atoms with Crippen LogP contribution in [0.4, 0.5) is 22.5 Å². The molecule has 3 heterocycles. The normalized spacial score (nSPS) is 13.6. The van der Waals surface area contributed by atoms with E-state index in [2.05, 4.69) is 56.4 Å². The molecule has 0 radical (unpaired) electrons. The zero-order valence-corrected chi connectivity index (χ0v) is 15.1. The summed E-state index contributed by atoms with van der Waals surface area (Å²) in [5.41, 5.74) is 10.7. The van der Waals surface area contributed by atoms with E-state index in [4.69, 9.17) is 5.73 Å². The number of nitrogens with one attached hydrogen (secondary N) is 1. The lowest BCUT2D eigenvalue weighted by molar-refractivity contribution is 0.721. The summed E-state index contributed by atoms with van der Waals surface area (Å²) < 4.78 is 0. The van der Waals surface area contributed by atoms with E-state index in [1.54, 1.807) is 17.7 Å². The van der Waals surface area contributed by atoms with Crippen molar-refractivity contribution in [2.75, 3.05) is 22.5 Å². The second-order valence-corrected chi connectivity index (χ2v) is 7.39. The molecule has 3 N–H and O–H groups in total.